The van der Waals surface area contributed by atoms with Gasteiger partial charge in [-0.2, -0.15) is 9.57 Å². The van der Waals surface area contributed by atoms with Crippen LogP contribution in [0.5, 0.6) is 0 Å². The average Bonchev–Trinajstić information content (AvgIpc) is 3.77. The summed E-state index contributed by atoms with van der Waals surface area (Å²) in [6.07, 6.45) is 4.61. The lowest BCUT2D eigenvalue weighted by Crippen LogP contribution is -2.49. The highest BCUT2D eigenvalue weighted by molar-refractivity contribution is 7.89. The molecule has 2 amide bonds. The van der Waals surface area contributed by atoms with Crippen molar-refractivity contribution in [2.75, 3.05) is 25.0 Å². The fraction of sp³-hybridized carbons (Fsp3) is 0.394. The quantitative estimate of drug-likeness (QED) is 0.304. The maximum absolute atomic E-state index is 13.9. The molecule has 1 aliphatic heterocycles. The Hall–Kier alpha value is -3.52. The van der Waals surface area contributed by atoms with E-state index in [2.05, 4.69) is 17.5 Å². The zero-order valence-electron chi connectivity index (χ0n) is 24.1. The first-order valence-electron chi connectivity index (χ1n) is 14.9. The summed E-state index contributed by atoms with van der Waals surface area (Å²) in [4.78, 5) is 15.7. The minimum Gasteiger partial charge on any atom is -0.321 e. The number of anilines is 1. The average molecular weight is 639 g/mol. The molecular formula is C33H33ClF2N4O3S. The van der Waals surface area contributed by atoms with Crippen molar-refractivity contribution in [3.05, 3.63) is 94.5 Å². The van der Waals surface area contributed by atoms with E-state index in [1.807, 2.05) is 17.0 Å². The number of carbonyl (C=O) groups is 1. The summed E-state index contributed by atoms with van der Waals surface area (Å²) in [5.41, 5.74) is 2.01. The highest BCUT2D eigenvalue weighted by Crippen LogP contribution is 2.63. The van der Waals surface area contributed by atoms with Gasteiger partial charge < -0.3 is 10.2 Å². The van der Waals surface area contributed by atoms with Gasteiger partial charge in [0, 0.05) is 42.5 Å². The third kappa shape index (κ3) is 6.06. The number of hydrogen-bond donors (Lipinski definition) is 1. The largest absolute Gasteiger partial charge is 0.322 e. The van der Waals surface area contributed by atoms with E-state index < -0.39 is 21.7 Å². The summed E-state index contributed by atoms with van der Waals surface area (Å²) >= 11 is 5.94. The van der Waals surface area contributed by atoms with Crippen LogP contribution >= 0.6 is 11.6 Å². The Morgan fingerprint density at radius 2 is 1.80 bits per heavy atom. The summed E-state index contributed by atoms with van der Waals surface area (Å²) < 4.78 is 55.3. The number of fused-ring (bicyclic) bond motifs is 1. The van der Waals surface area contributed by atoms with Gasteiger partial charge in [-0.3, -0.25) is 0 Å². The number of rotatable bonds is 7. The number of urea groups is 1. The van der Waals surface area contributed by atoms with Gasteiger partial charge in [0.2, 0.25) is 10.0 Å². The van der Waals surface area contributed by atoms with Crippen LogP contribution in [0.25, 0.3) is 0 Å². The van der Waals surface area contributed by atoms with Crippen LogP contribution in [0.1, 0.15) is 49.7 Å². The van der Waals surface area contributed by atoms with Crippen LogP contribution in [0, 0.1) is 34.8 Å². The molecule has 0 bridgehead atoms. The molecule has 230 valence electrons. The molecule has 3 atom stereocenters. The van der Waals surface area contributed by atoms with Gasteiger partial charge in [-0.05, 0) is 110 Å². The minimum atomic E-state index is -3.66. The Labute approximate surface area is 261 Å². The zero-order chi connectivity index (χ0) is 31.1. The summed E-state index contributed by atoms with van der Waals surface area (Å²) in [7, 11) is -3.66. The van der Waals surface area contributed by atoms with Crippen molar-refractivity contribution >= 4 is 33.3 Å². The number of sulfonamides is 1. The molecule has 1 unspecified atom stereocenters. The Bertz CT molecular complexity index is 1710. The number of halogens is 3. The monoisotopic (exact) mass is 638 g/mol. The highest BCUT2D eigenvalue weighted by atomic mass is 35.5. The fourth-order valence-electron chi connectivity index (χ4n) is 7.08. The van der Waals surface area contributed by atoms with Crippen molar-refractivity contribution < 1.29 is 22.0 Å². The van der Waals surface area contributed by atoms with Crippen LogP contribution in [0.2, 0.25) is 5.02 Å². The molecule has 11 heteroatoms. The summed E-state index contributed by atoms with van der Waals surface area (Å²) in [6.45, 7) is 1.10. The number of amides is 2. The lowest BCUT2D eigenvalue weighted by Gasteiger charge is -2.40. The van der Waals surface area contributed by atoms with Gasteiger partial charge in [-0.1, -0.05) is 23.7 Å². The van der Waals surface area contributed by atoms with Crippen molar-refractivity contribution in [2.45, 2.75) is 54.9 Å². The lowest BCUT2D eigenvalue weighted by atomic mass is 9.79. The van der Waals surface area contributed by atoms with Crippen LogP contribution in [0.4, 0.5) is 19.3 Å². The molecule has 0 aromatic heterocycles. The van der Waals surface area contributed by atoms with Crippen molar-refractivity contribution in [3.63, 3.8) is 0 Å². The first-order chi connectivity index (χ1) is 21.1. The van der Waals surface area contributed by atoms with Gasteiger partial charge in [0.25, 0.3) is 0 Å². The van der Waals surface area contributed by atoms with Gasteiger partial charge in [0.05, 0.1) is 16.5 Å². The number of piperidine rings is 1. The molecule has 2 saturated carbocycles. The van der Waals surface area contributed by atoms with E-state index in [0.29, 0.717) is 49.0 Å². The Morgan fingerprint density at radius 3 is 2.48 bits per heavy atom. The predicted molar refractivity (Wildman–Crippen MR) is 164 cm³/mol. The maximum atomic E-state index is 13.9. The molecule has 3 aliphatic rings. The molecule has 0 spiro atoms. The molecular weight excluding hydrogens is 606 g/mol. The predicted octanol–water partition coefficient (Wildman–Crippen LogP) is 6.94. The zero-order valence-corrected chi connectivity index (χ0v) is 25.6. The molecule has 1 heterocycles. The second-order valence-corrected chi connectivity index (χ2v) is 14.6. The van der Waals surface area contributed by atoms with Crippen molar-refractivity contribution in [1.29, 1.82) is 5.26 Å². The second-order valence-electron chi connectivity index (χ2n) is 12.2. The highest BCUT2D eigenvalue weighted by Gasteiger charge is 2.58. The molecule has 0 radical (unpaired) electrons. The molecule has 44 heavy (non-hydrogen) atoms. The van der Waals surface area contributed by atoms with Gasteiger partial charge in [-0.25, -0.2) is 22.0 Å². The van der Waals surface area contributed by atoms with E-state index in [4.69, 9.17) is 11.6 Å². The van der Waals surface area contributed by atoms with Crippen LogP contribution in [-0.4, -0.2) is 49.3 Å². The van der Waals surface area contributed by atoms with Crippen molar-refractivity contribution in [2.24, 2.45) is 11.8 Å². The van der Waals surface area contributed by atoms with E-state index in [0.717, 1.165) is 37.8 Å². The first-order valence-corrected chi connectivity index (χ1v) is 16.7. The number of carbonyl (C=O) groups excluding carboxylic acids is 1. The third-order valence-corrected chi connectivity index (χ3v) is 11.8. The molecule has 3 aromatic rings. The van der Waals surface area contributed by atoms with E-state index in [9.17, 15) is 27.3 Å². The van der Waals surface area contributed by atoms with Gasteiger partial charge in [-0.15, -0.1) is 0 Å². The molecule has 3 aromatic carbocycles. The van der Waals surface area contributed by atoms with Crippen molar-refractivity contribution in [3.8, 4) is 6.07 Å². The van der Waals surface area contributed by atoms with E-state index in [1.165, 1.54) is 28.1 Å². The molecule has 7 nitrogen and oxygen atoms in total. The Kier molecular flexibility index (Phi) is 8.40. The smallest absolute Gasteiger partial charge is 0.321 e. The standard InChI is InChI=1S/C33H33ClF2N4O3S/c34-26-4-7-29(8-5-26)44(42,43)39-14-11-22(12-15-39)21-40(32(41)38-27-6-9-30(35)31(36)18-27)28-10-13-33(19-25(33)17-28)24-3-1-2-23(16-24)20-37/h1-9,16,18,22,25,28H,10-15,17,19,21H2,(H,38,41)/t25?,28-,33+/m1/s1. The van der Waals surface area contributed by atoms with Gasteiger partial charge in [0.1, 0.15) is 0 Å². The summed E-state index contributed by atoms with van der Waals surface area (Å²) in [5.74, 6) is -1.58. The second kappa shape index (κ2) is 12.1. The minimum absolute atomic E-state index is 0.0208. The number of hydrogen-bond acceptors (Lipinski definition) is 4. The van der Waals surface area contributed by atoms with Crippen LogP contribution in [0.3, 0.4) is 0 Å². The fourth-order valence-corrected chi connectivity index (χ4v) is 8.67. The first kappa shape index (κ1) is 30.5. The van der Waals surface area contributed by atoms with E-state index in [-0.39, 0.29) is 34.0 Å². The molecule has 1 saturated heterocycles. The van der Waals surface area contributed by atoms with Gasteiger partial charge >= 0.3 is 6.03 Å². The number of nitrogens with one attached hydrogen (secondary N) is 1. The van der Waals surface area contributed by atoms with Crippen LogP contribution < -0.4 is 5.32 Å². The van der Waals surface area contributed by atoms with Crippen LogP contribution in [0.15, 0.2) is 71.6 Å². The van der Waals surface area contributed by atoms with Gasteiger partial charge in [0.15, 0.2) is 11.6 Å². The van der Waals surface area contributed by atoms with E-state index in [1.54, 1.807) is 18.2 Å². The number of nitriles is 1. The van der Waals surface area contributed by atoms with Crippen molar-refractivity contribution in [1.82, 2.24) is 9.21 Å². The SMILES string of the molecule is N#Cc1cccc([C@@]23CC[C@@H](N(CC4CCN(S(=O)(=O)c5ccc(Cl)cc5)CC4)C(=O)Nc4ccc(F)c(F)c4)CC2C3)c1. The van der Waals surface area contributed by atoms with Crippen LogP contribution in [-0.2, 0) is 15.4 Å². The summed E-state index contributed by atoms with van der Waals surface area (Å²) in [6, 6.07) is 19.0. The molecule has 3 fully saturated rings. The lowest BCUT2D eigenvalue weighted by molar-refractivity contribution is 0.132. The number of benzene rings is 3. The number of nitrogens with zero attached hydrogens (tertiary/aromatic N) is 3. The molecule has 1 N–H and O–H groups in total. The topological polar surface area (TPSA) is 93.5 Å². The van der Waals surface area contributed by atoms with E-state index >= 15 is 0 Å². The Balaban J connectivity index is 1.16. The third-order valence-electron chi connectivity index (χ3n) is 9.63. The molecule has 2 aliphatic carbocycles. The molecule has 6 rings (SSSR count). The maximum Gasteiger partial charge on any atom is 0.322 e. The normalized spacial score (nSPS) is 23.8. The Morgan fingerprint density at radius 1 is 1.05 bits per heavy atom. The summed E-state index contributed by atoms with van der Waals surface area (Å²) in [5, 5.41) is 12.6.